The number of likely N-dealkylation sites (tertiary alicyclic amines) is 1. The zero-order valence-electron chi connectivity index (χ0n) is 11.8. The normalized spacial score (nSPS) is 19.4. The molecular weight excluding hydrogens is 379 g/mol. The van der Waals surface area contributed by atoms with Gasteiger partial charge in [0.05, 0.1) is 0 Å². The molecule has 2 amide bonds. The van der Waals surface area contributed by atoms with E-state index in [0.717, 1.165) is 34.8 Å². The minimum atomic E-state index is 0.0753. The molecule has 1 aliphatic heterocycles. The Labute approximate surface area is 138 Å². The first-order valence-electron chi connectivity index (χ1n) is 7.49. The number of amides is 2. The summed E-state index contributed by atoms with van der Waals surface area (Å²) in [6.07, 6.45) is 3.79. The zero-order chi connectivity index (χ0) is 14.8. The highest BCUT2D eigenvalue weighted by atomic mass is 127. The lowest BCUT2D eigenvalue weighted by Crippen LogP contribution is -2.43. The summed E-state index contributed by atoms with van der Waals surface area (Å²) < 4.78 is 1.12. The van der Waals surface area contributed by atoms with E-state index in [0.29, 0.717) is 19.1 Å². The Balaban J connectivity index is 1.53. The van der Waals surface area contributed by atoms with Crippen LogP contribution in [0.3, 0.4) is 0 Å². The molecule has 2 aliphatic rings. The van der Waals surface area contributed by atoms with Crippen LogP contribution >= 0.6 is 22.6 Å². The van der Waals surface area contributed by atoms with Gasteiger partial charge in [0, 0.05) is 34.2 Å². The molecule has 0 atom stereocenters. The van der Waals surface area contributed by atoms with Crippen LogP contribution in [0.2, 0.25) is 0 Å². The average Bonchev–Trinajstić information content (AvgIpc) is 3.31. The van der Waals surface area contributed by atoms with Crippen LogP contribution in [0.5, 0.6) is 0 Å². The molecule has 1 N–H and O–H groups in total. The molecular formula is C16H19IN2O2. The number of halogens is 1. The van der Waals surface area contributed by atoms with Crippen LogP contribution in [-0.4, -0.2) is 35.8 Å². The molecule has 1 saturated heterocycles. The minimum absolute atomic E-state index is 0.0753. The van der Waals surface area contributed by atoms with Crippen molar-refractivity contribution in [2.75, 3.05) is 13.1 Å². The van der Waals surface area contributed by atoms with Crippen molar-refractivity contribution in [3.8, 4) is 0 Å². The van der Waals surface area contributed by atoms with Crippen molar-refractivity contribution >= 4 is 34.4 Å². The van der Waals surface area contributed by atoms with Crippen molar-refractivity contribution in [1.82, 2.24) is 10.2 Å². The molecule has 1 aromatic carbocycles. The summed E-state index contributed by atoms with van der Waals surface area (Å²) in [6.45, 7) is 1.35. The third-order valence-electron chi connectivity index (χ3n) is 4.17. The molecule has 1 heterocycles. The van der Waals surface area contributed by atoms with Gasteiger partial charge in [-0.1, -0.05) is 0 Å². The lowest BCUT2D eigenvalue weighted by Gasteiger charge is -2.31. The van der Waals surface area contributed by atoms with Crippen molar-refractivity contribution in [3.63, 3.8) is 0 Å². The van der Waals surface area contributed by atoms with Crippen LogP contribution in [-0.2, 0) is 4.79 Å². The molecule has 4 nitrogen and oxygen atoms in total. The van der Waals surface area contributed by atoms with E-state index in [9.17, 15) is 9.59 Å². The molecule has 5 heteroatoms. The summed E-state index contributed by atoms with van der Waals surface area (Å²) in [5.41, 5.74) is 0.733. The van der Waals surface area contributed by atoms with Crippen molar-refractivity contribution in [2.45, 2.75) is 31.7 Å². The van der Waals surface area contributed by atoms with Gasteiger partial charge in [0.15, 0.2) is 0 Å². The van der Waals surface area contributed by atoms with Gasteiger partial charge in [-0.2, -0.15) is 0 Å². The molecule has 21 heavy (non-hydrogen) atoms. The highest BCUT2D eigenvalue weighted by molar-refractivity contribution is 14.1. The summed E-state index contributed by atoms with van der Waals surface area (Å²) >= 11 is 2.23. The third kappa shape index (κ3) is 3.75. The van der Waals surface area contributed by atoms with Crippen LogP contribution < -0.4 is 5.32 Å². The van der Waals surface area contributed by atoms with Gasteiger partial charge in [-0.05, 0) is 72.5 Å². The van der Waals surface area contributed by atoms with Gasteiger partial charge in [0.1, 0.15) is 0 Å². The van der Waals surface area contributed by atoms with Gasteiger partial charge in [0.25, 0.3) is 5.91 Å². The number of rotatable bonds is 3. The second-order valence-electron chi connectivity index (χ2n) is 5.86. The van der Waals surface area contributed by atoms with Crippen LogP contribution in [0, 0.1) is 9.49 Å². The first-order valence-corrected chi connectivity index (χ1v) is 8.56. The maximum Gasteiger partial charge on any atom is 0.253 e. The molecule has 1 aliphatic carbocycles. The van der Waals surface area contributed by atoms with E-state index in [2.05, 4.69) is 27.9 Å². The number of carbonyl (C=O) groups is 2. The average molecular weight is 398 g/mol. The predicted molar refractivity (Wildman–Crippen MR) is 89.0 cm³/mol. The second kappa shape index (κ2) is 6.34. The van der Waals surface area contributed by atoms with Crippen molar-refractivity contribution in [2.24, 2.45) is 5.92 Å². The Morgan fingerprint density at radius 1 is 1.05 bits per heavy atom. The molecule has 112 valence electrons. The number of benzene rings is 1. The van der Waals surface area contributed by atoms with E-state index in [1.54, 1.807) is 0 Å². The zero-order valence-corrected chi connectivity index (χ0v) is 14.0. The molecule has 0 bridgehead atoms. The van der Waals surface area contributed by atoms with Gasteiger partial charge in [-0.3, -0.25) is 9.59 Å². The molecule has 3 rings (SSSR count). The highest BCUT2D eigenvalue weighted by Crippen LogP contribution is 2.23. The molecule has 0 radical (unpaired) electrons. The lowest BCUT2D eigenvalue weighted by atomic mass is 9.95. The van der Waals surface area contributed by atoms with Crippen molar-refractivity contribution in [1.29, 1.82) is 0 Å². The van der Waals surface area contributed by atoms with E-state index in [1.165, 1.54) is 0 Å². The van der Waals surface area contributed by atoms with Gasteiger partial charge < -0.3 is 10.2 Å². The van der Waals surface area contributed by atoms with Crippen LogP contribution in [0.1, 0.15) is 36.0 Å². The van der Waals surface area contributed by atoms with Gasteiger partial charge in [0.2, 0.25) is 5.91 Å². The van der Waals surface area contributed by atoms with Gasteiger partial charge >= 0.3 is 0 Å². The number of hydrogen-bond acceptors (Lipinski definition) is 2. The summed E-state index contributed by atoms with van der Waals surface area (Å²) in [4.78, 5) is 26.3. The Morgan fingerprint density at radius 2 is 1.67 bits per heavy atom. The molecule has 1 aromatic rings. The Bertz CT molecular complexity index is 532. The summed E-state index contributed by atoms with van der Waals surface area (Å²) in [7, 11) is 0. The van der Waals surface area contributed by atoms with Gasteiger partial charge in [-0.25, -0.2) is 0 Å². The predicted octanol–water partition coefficient (Wildman–Crippen LogP) is 2.42. The molecule has 0 spiro atoms. The Hall–Kier alpha value is -1.11. The quantitative estimate of drug-likeness (QED) is 0.796. The topological polar surface area (TPSA) is 49.4 Å². The number of carbonyl (C=O) groups excluding carboxylic acids is 2. The van der Waals surface area contributed by atoms with E-state index in [-0.39, 0.29) is 17.7 Å². The molecule has 2 fully saturated rings. The van der Waals surface area contributed by atoms with E-state index in [1.807, 2.05) is 29.2 Å². The van der Waals surface area contributed by atoms with E-state index in [4.69, 9.17) is 0 Å². The van der Waals surface area contributed by atoms with Crippen molar-refractivity contribution in [3.05, 3.63) is 33.4 Å². The fraction of sp³-hybridized carbons (Fsp3) is 0.500. The molecule has 1 saturated carbocycles. The number of piperidine rings is 1. The third-order valence-corrected chi connectivity index (χ3v) is 4.89. The molecule has 0 aromatic heterocycles. The maximum absolute atomic E-state index is 12.4. The first kappa shape index (κ1) is 14.8. The molecule has 0 unspecified atom stereocenters. The van der Waals surface area contributed by atoms with Crippen LogP contribution in [0.4, 0.5) is 0 Å². The van der Waals surface area contributed by atoms with Crippen molar-refractivity contribution < 1.29 is 9.59 Å². The van der Waals surface area contributed by atoms with E-state index >= 15 is 0 Å². The summed E-state index contributed by atoms with van der Waals surface area (Å²) in [6, 6.07) is 8.06. The Kier molecular flexibility index (Phi) is 4.47. The lowest BCUT2D eigenvalue weighted by molar-refractivity contribution is -0.126. The van der Waals surface area contributed by atoms with Crippen LogP contribution in [0.25, 0.3) is 0 Å². The van der Waals surface area contributed by atoms with E-state index < -0.39 is 0 Å². The largest absolute Gasteiger partial charge is 0.353 e. The Morgan fingerprint density at radius 3 is 2.24 bits per heavy atom. The summed E-state index contributed by atoms with van der Waals surface area (Å²) in [5.74, 6) is 0.331. The van der Waals surface area contributed by atoms with Gasteiger partial charge in [-0.15, -0.1) is 0 Å². The number of hydrogen-bond donors (Lipinski definition) is 1. The number of nitrogens with zero attached hydrogens (tertiary/aromatic N) is 1. The monoisotopic (exact) mass is 398 g/mol. The fourth-order valence-corrected chi connectivity index (χ4v) is 3.03. The first-order chi connectivity index (χ1) is 10.1. The SMILES string of the molecule is O=C(NC1CC1)C1CCN(C(=O)c2ccc(I)cc2)CC1. The standard InChI is InChI=1S/C16H19IN2O2/c17-13-3-1-12(2-4-13)16(21)19-9-7-11(8-10-19)15(20)18-14-5-6-14/h1-4,11,14H,5-10H2,(H,18,20). The maximum atomic E-state index is 12.4. The number of nitrogens with one attached hydrogen (secondary N) is 1. The second-order valence-corrected chi connectivity index (χ2v) is 7.10. The minimum Gasteiger partial charge on any atom is -0.353 e. The summed E-state index contributed by atoms with van der Waals surface area (Å²) in [5, 5.41) is 3.06. The highest BCUT2D eigenvalue weighted by Gasteiger charge is 2.31. The van der Waals surface area contributed by atoms with Crippen LogP contribution in [0.15, 0.2) is 24.3 Å². The smallest absolute Gasteiger partial charge is 0.253 e. The fourth-order valence-electron chi connectivity index (χ4n) is 2.67.